The molecule has 2 rings (SSSR count). The number of benzene rings is 1. The van der Waals surface area contributed by atoms with Crippen LogP contribution in [-0.4, -0.2) is 24.7 Å². The average Bonchev–Trinajstić information content (AvgIpc) is 2.56. The predicted molar refractivity (Wildman–Crippen MR) is 102 cm³/mol. The number of carbonyl (C=O) groups excluding carboxylic acids is 1. The zero-order chi connectivity index (χ0) is 18.1. The lowest BCUT2D eigenvalue weighted by Gasteiger charge is -2.38. The van der Waals surface area contributed by atoms with Crippen LogP contribution < -0.4 is 10.6 Å². The molecular formula is C21H34N2O2. The third-order valence-corrected chi connectivity index (χ3v) is 5.00. The standard InChI is InChI=1S/C21H34N2O2/c1-4-5-9-12-21(2,3)16-22-18-13-19(14-18)23-20(24)25-15-17-10-7-6-8-11-17/h6-8,10-11,18-19,22H,4-5,9,12-16H2,1-3H3,(H,23,24). The number of ether oxygens (including phenoxy) is 1. The molecule has 2 N–H and O–H groups in total. The van der Waals surface area contributed by atoms with Gasteiger partial charge in [-0.3, -0.25) is 0 Å². The maximum absolute atomic E-state index is 11.8. The van der Waals surface area contributed by atoms with Crippen LogP contribution in [-0.2, 0) is 11.3 Å². The molecular weight excluding hydrogens is 312 g/mol. The van der Waals surface area contributed by atoms with Gasteiger partial charge in [-0.15, -0.1) is 0 Å². The van der Waals surface area contributed by atoms with Crippen molar-refractivity contribution in [2.45, 2.75) is 78.0 Å². The van der Waals surface area contributed by atoms with Crippen molar-refractivity contribution in [3.63, 3.8) is 0 Å². The predicted octanol–water partition coefficient (Wildman–Crippen LogP) is 4.64. The van der Waals surface area contributed by atoms with E-state index >= 15 is 0 Å². The van der Waals surface area contributed by atoms with Crippen LogP contribution >= 0.6 is 0 Å². The molecule has 1 amide bonds. The Hall–Kier alpha value is -1.55. The largest absolute Gasteiger partial charge is 0.445 e. The summed E-state index contributed by atoms with van der Waals surface area (Å²) in [5.74, 6) is 0. The van der Waals surface area contributed by atoms with Crippen molar-refractivity contribution in [3.8, 4) is 0 Å². The van der Waals surface area contributed by atoms with E-state index in [1.165, 1.54) is 25.7 Å². The van der Waals surface area contributed by atoms with Crippen LogP contribution in [0.1, 0.15) is 64.9 Å². The fourth-order valence-corrected chi connectivity index (χ4v) is 3.20. The summed E-state index contributed by atoms with van der Waals surface area (Å²) in [6, 6.07) is 10.5. The second kappa shape index (κ2) is 9.81. The highest BCUT2D eigenvalue weighted by Crippen LogP contribution is 2.26. The van der Waals surface area contributed by atoms with E-state index in [0.29, 0.717) is 18.1 Å². The Bertz CT molecular complexity index is 510. The minimum absolute atomic E-state index is 0.240. The van der Waals surface area contributed by atoms with Gasteiger partial charge in [-0.1, -0.05) is 70.4 Å². The summed E-state index contributed by atoms with van der Waals surface area (Å²) >= 11 is 0. The number of hydrogen-bond acceptors (Lipinski definition) is 3. The molecule has 0 radical (unpaired) electrons. The maximum Gasteiger partial charge on any atom is 0.407 e. The number of carbonyl (C=O) groups is 1. The van der Waals surface area contributed by atoms with Gasteiger partial charge in [0.1, 0.15) is 6.61 Å². The molecule has 1 aromatic rings. The first-order valence-electron chi connectivity index (χ1n) is 9.69. The maximum atomic E-state index is 11.8. The molecule has 1 fully saturated rings. The van der Waals surface area contributed by atoms with E-state index in [4.69, 9.17) is 4.74 Å². The zero-order valence-electron chi connectivity index (χ0n) is 16.0. The third kappa shape index (κ3) is 7.47. The number of unbranched alkanes of at least 4 members (excludes halogenated alkanes) is 2. The van der Waals surface area contributed by atoms with Gasteiger partial charge >= 0.3 is 6.09 Å². The molecule has 1 aliphatic carbocycles. The Balaban J connectivity index is 1.55. The first kappa shape index (κ1) is 19.8. The van der Waals surface area contributed by atoms with Gasteiger partial charge in [0.2, 0.25) is 0 Å². The van der Waals surface area contributed by atoms with E-state index in [0.717, 1.165) is 24.9 Å². The van der Waals surface area contributed by atoms with Gasteiger partial charge in [0.25, 0.3) is 0 Å². The normalized spacial score (nSPS) is 20.0. The molecule has 25 heavy (non-hydrogen) atoms. The molecule has 0 unspecified atom stereocenters. The Morgan fingerprint density at radius 1 is 1.16 bits per heavy atom. The van der Waals surface area contributed by atoms with Gasteiger partial charge in [-0.2, -0.15) is 0 Å². The summed E-state index contributed by atoms with van der Waals surface area (Å²) in [5.41, 5.74) is 1.36. The molecule has 4 heteroatoms. The van der Waals surface area contributed by atoms with Gasteiger partial charge in [-0.05, 0) is 30.2 Å². The van der Waals surface area contributed by atoms with Gasteiger partial charge in [0.05, 0.1) is 0 Å². The van der Waals surface area contributed by atoms with Gasteiger partial charge in [0, 0.05) is 18.6 Å². The molecule has 140 valence electrons. The van der Waals surface area contributed by atoms with Crippen molar-refractivity contribution >= 4 is 6.09 Å². The topological polar surface area (TPSA) is 50.4 Å². The number of rotatable bonds is 10. The first-order chi connectivity index (χ1) is 12.0. The first-order valence-corrected chi connectivity index (χ1v) is 9.69. The highest BCUT2D eigenvalue weighted by molar-refractivity contribution is 5.67. The highest BCUT2D eigenvalue weighted by Gasteiger charge is 2.31. The molecule has 1 aromatic carbocycles. The molecule has 1 aliphatic rings. The number of hydrogen-bond donors (Lipinski definition) is 2. The summed E-state index contributed by atoms with van der Waals surface area (Å²) in [6.45, 7) is 8.30. The van der Waals surface area contributed by atoms with Gasteiger partial charge < -0.3 is 15.4 Å². The quantitative estimate of drug-likeness (QED) is 0.607. The van der Waals surface area contributed by atoms with Crippen LogP contribution in [0.25, 0.3) is 0 Å². The van der Waals surface area contributed by atoms with Crippen LogP contribution in [0.4, 0.5) is 4.79 Å². The number of nitrogens with one attached hydrogen (secondary N) is 2. The molecule has 4 nitrogen and oxygen atoms in total. The van der Waals surface area contributed by atoms with E-state index in [2.05, 4.69) is 31.4 Å². The second-order valence-corrected chi connectivity index (χ2v) is 8.07. The van der Waals surface area contributed by atoms with E-state index in [-0.39, 0.29) is 12.1 Å². The fourth-order valence-electron chi connectivity index (χ4n) is 3.20. The summed E-state index contributed by atoms with van der Waals surface area (Å²) in [5, 5.41) is 6.61. The van der Waals surface area contributed by atoms with Crippen molar-refractivity contribution < 1.29 is 9.53 Å². The molecule has 0 bridgehead atoms. The van der Waals surface area contributed by atoms with E-state index in [1.54, 1.807) is 0 Å². The Morgan fingerprint density at radius 3 is 2.56 bits per heavy atom. The van der Waals surface area contributed by atoms with Crippen molar-refractivity contribution in [1.82, 2.24) is 10.6 Å². The van der Waals surface area contributed by atoms with Crippen LogP contribution in [0.15, 0.2) is 30.3 Å². The van der Waals surface area contributed by atoms with Crippen LogP contribution in [0.2, 0.25) is 0 Å². The Labute approximate surface area is 152 Å². The lowest BCUT2D eigenvalue weighted by Crippen LogP contribution is -2.53. The molecule has 0 heterocycles. The monoisotopic (exact) mass is 346 g/mol. The molecule has 0 aliphatic heterocycles. The lowest BCUT2D eigenvalue weighted by atomic mass is 9.83. The Morgan fingerprint density at radius 2 is 1.88 bits per heavy atom. The van der Waals surface area contributed by atoms with Crippen LogP contribution in [0.3, 0.4) is 0 Å². The Kier molecular flexibility index (Phi) is 7.76. The summed E-state index contributed by atoms with van der Waals surface area (Å²) in [7, 11) is 0. The number of amides is 1. The average molecular weight is 347 g/mol. The smallest absolute Gasteiger partial charge is 0.407 e. The third-order valence-electron chi connectivity index (χ3n) is 5.00. The number of alkyl carbamates (subject to hydrolysis) is 1. The molecule has 0 spiro atoms. The summed E-state index contributed by atoms with van der Waals surface area (Å²) in [4.78, 5) is 11.8. The van der Waals surface area contributed by atoms with E-state index in [9.17, 15) is 4.79 Å². The second-order valence-electron chi connectivity index (χ2n) is 8.07. The zero-order valence-corrected chi connectivity index (χ0v) is 16.0. The summed E-state index contributed by atoms with van der Waals surface area (Å²) in [6.07, 6.45) is 6.86. The molecule has 0 saturated heterocycles. The van der Waals surface area contributed by atoms with Crippen LogP contribution in [0, 0.1) is 5.41 Å². The molecule has 0 atom stereocenters. The van der Waals surface area contributed by atoms with Crippen molar-refractivity contribution in [2.75, 3.05) is 6.54 Å². The minimum Gasteiger partial charge on any atom is -0.445 e. The fraction of sp³-hybridized carbons (Fsp3) is 0.667. The van der Waals surface area contributed by atoms with Crippen molar-refractivity contribution in [2.24, 2.45) is 5.41 Å². The lowest BCUT2D eigenvalue weighted by molar-refractivity contribution is 0.124. The van der Waals surface area contributed by atoms with E-state index < -0.39 is 0 Å². The minimum atomic E-state index is -0.313. The van der Waals surface area contributed by atoms with Crippen molar-refractivity contribution in [1.29, 1.82) is 0 Å². The van der Waals surface area contributed by atoms with Crippen LogP contribution in [0.5, 0.6) is 0 Å². The van der Waals surface area contributed by atoms with Gasteiger partial charge in [-0.25, -0.2) is 4.79 Å². The van der Waals surface area contributed by atoms with E-state index in [1.807, 2.05) is 30.3 Å². The molecule has 1 saturated carbocycles. The van der Waals surface area contributed by atoms with Crippen molar-refractivity contribution in [3.05, 3.63) is 35.9 Å². The SMILES string of the molecule is CCCCCC(C)(C)CNC1CC(NC(=O)OCc2ccccc2)C1. The van der Waals surface area contributed by atoms with Gasteiger partial charge in [0.15, 0.2) is 0 Å². The highest BCUT2D eigenvalue weighted by atomic mass is 16.5. The summed E-state index contributed by atoms with van der Waals surface area (Å²) < 4.78 is 5.27. The molecule has 0 aromatic heterocycles.